The largest absolute Gasteiger partial charge is 1.00 e. The van der Waals surface area contributed by atoms with Crippen molar-refractivity contribution in [2.24, 2.45) is 0 Å². The number of rotatable bonds is 19. The van der Waals surface area contributed by atoms with E-state index in [1.807, 2.05) is 35.9 Å². The number of imide groups is 1. The Morgan fingerprint density at radius 2 is 1.47 bits per heavy atom. The van der Waals surface area contributed by atoms with Crippen molar-refractivity contribution in [2.45, 2.75) is 149 Å². The molecule has 2 atom stereocenters. The number of hydrogen-bond donors (Lipinski definition) is 0. The summed E-state index contributed by atoms with van der Waals surface area (Å²) in [6, 6.07) is 5.78. The van der Waals surface area contributed by atoms with Crippen molar-refractivity contribution >= 4 is 12.0 Å². The average Bonchev–Trinajstić information content (AvgIpc) is 3.36. The van der Waals surface area contributed by atoms with E-state index >= 15 is 0 Å². The van der Waals surface area contributed by atoms with Gasteiger partial charge in [0, 0.05) is 19.1 Å². The first-order valence-electron chi connectivity index (χ1n) is 15.1. The van der Waals surface area contributed by atoms with Crippen LogP contribution in [0.3, 0.4) is 0 Å². The Hall–Kier alpha value is -1.22. The molecular formula is C31H53IN2O4. The molecule has 218 valence electrons. The number of halogens is 1. The number of aryl methyl sites for hydroxylation is 1. The van der Waals surface area contributed by atoms with Crippen LogP contribution >= 0.6 is 0 Å². The van der Waals surface area contributed by atoms with Crippen molar-refractivity contribution in [1.82, 2.24) is 4.90 Å². The molecule has 38 heavy (non-hydrogen) atoms. The van der Waals surface area contributed by atoms with E-state index in [-0.39, 0.29) is 55.2 Å². The summed E-state index contributed by atoms with van der Waals surface area (Å²) in [6.07, 6.45) is 22.3. The lowest BCUT2D eigenvalue weighted by Gasteiger charge is -2.19. The topological polar surface area (TPSA) is 59.7 Å². The molecule has 6 nitrogen and oxygen atoms in total. The van der Waals surface area contributed by atoms with Gasteiger partial charge in [-0.3, -0.25) is 4.79 Å². The molecule has 0 aromatic carbocycles. The smallest absolute Gasteiger partial charge is 0.417 e. The number of amides is 2. The van der Waals surface area contributed by atoms with Crippen molar-refractivity contribution in [1.29, 1.82) is 0 Å². The number of unbranched alkanes of at least 4 members (excludes halogenated alkanes) is 12. The van der Waals surface area contributed by atoms with E-state index in [0.29, 0.717) is 0 Å². The van der Waals surface area contributed by atoms with E-state index in [1.54, 1.807) is 0 Å². The van der Waals surface area contributed by atoms with Gasteiger partial charge < -0.3 is 33.5 Å². The highest BCUT2D eigenvalue weighted by molar-refractivity contribution is 5.90. The van der Waals surface area contributed by atoms with Gasteiger partial charge >= 0.3 is 6.09 Å². The molecule has 2 rings (SSSR count). The van der Waals surface area contributed by atoms with Crippen molar-refractivity contribution < 1.29 is 47.6 Å². The zero-order chi connectivity index (χ0) is 26.7. The van der Waals surface area contributed by atoms with Gasteiger partial charge in [0.15, 0.2) is 6.20 Å². The van der Waals surface area contributed by atoms with Crippen LogP contribution in [0.25, 0.3) is 0 Å². The van der Waals surface area contributed by atoms with E-state index in [4.69, 9.17) is 9.47 Å². The maximum Gasteiger partial charge on any atom is 0.417 e. The zero-order valence-corrected chi connectivity index (χ0v) is 26.5. The van der Waals surface area contributed by atoms with E-state index < -0.39 is 6.09 Å². The first-order chi connectivity index (χ1) is 18.0. The summed E-state index contributed by atoms with van der Waals surface area (Å²) in [5.41, 5.74) is 0.895. The molecule has 1 aliphatic rings. The summed E-state index contributed by atoms with van der Waals surface area (Å²) in [6.45, 7) is 6.89. The Kier molecular flexibility index (Phi) is 19.8. The SMILES string of the molecule is CCCCCCCCCCCCCCC[C@H]1CC[C@@H](COC(=O)N(Cc2cccc[n+]2CC)C(C)=O)O1.[I-]. The Bertz CT molecular complexity index is 776. The summed E-state index contributed by atoms with van der Waals surface area (Å²) in [7, 11) is 0. The van der Waals surface area contributed by atoms with Crippen LogP contribution in [-0.2, 0) is 27.4 Å². The first-order valence-corrected chi connectivity index (χ1v) is 15.1. The number of aromatic nitrogens is 1. The monoisotopic (exact) mass is 644 g/mol. The maximum atomic E-state index is 12.7. The third-order valence-electron chi connectivity index (χ3n) is 7.51. The Labute approximate surface area is 249 Å². The molecule has 1 aromatic rings. The van der Waals surface area contributed by atoms with Crippen molar-refractivity contribution in [3.8, 4) is 0 Å². The van der Waals surface area contributed by atoms with E-state index in [0.717, 1.165) is 31.5 Å². The molecule has 7 heteroatoms. The van der Waals surface area contributed by atoms with Crippen LogP contribution in [0.4, 0.5) is 4.79 Å². The second-order valence-electron chi connectivity index (χ2n) is 10.6. The Balaban J connectivity index is 0.00000722. The fourth-order valence-electron chi connectivity index (χ4n) is 5.18. The Morgan fingerprint density at radius 3 is 2.05 bits per heavy atom. The van der Waals surface area contributed by atoms with Gasteiger partial charge in [-0.25, -0.2) is 14.3 Å². The van der Waals surface area contributed by atoms with Crippen LogP contribution in [-0.4, -0.2) is 35.7 Å². The quantitative estimate of drug-likeness (QED) is 0.126. The molecule has 2 amide bonds. The third-order valence-corrected chi connectivity index (χ3v) is 7.51. The zero-order valence-electron chi connectivity index (χ0n) is 24.3. The van der Waals surface area contributed by atoms with Gasteiger partial charge in [-0.1, -0.05) is 96.5 Å². The molecule has 0 spiro atoms. The van der Waals surface area contributed by atoms with Gasteiger partial charge in [0.2, 0.25) is 11.6 Å². The number of hydrogen-bond acceptors (Lipinski definition) is 4. The average molecular weight is 645 g/mol. The third kappa shape index (κ3) is 14.2. The first kappa shape index (κ1) is 34.8. The summed E-state index contributed by atoms with van der Waals surface area (Å²) in [4.78, 5) is 25.9. The summed E-state index contributed by atoms with van der Waals surface area (Å²) in [5, 5.41) is 0. The number of pyridine rings is 1. The molecule has 0 N–H and O–H groups in total. The minimum absolute atomic E-state index is 0. The highest BCUT2D eigenvalue weighted by Crippen LogP contribution is 2.25. The number of ether oxygens (including phenoxy) is 2. The Morgan fingerprint density at radius 1 is 0.895 bits per heavy atom. The lowest BCUT2D eigenvalue weighted by atomic mass is 10.0. The fourth-order valence-corrected chi connectivity index (χ4v) is 5.18. The molecule has 1 fully saturated rings. The molecule has 0 saturated carbocycles. The normalized spacial score (nSPS) is 16.7. The van der Waals surface area contributed by atoms with Crippen LogP contribution in [0.1, 0.15) is 129 Å². The minimum atomic E-state index is -0.595. The minimum Gasteiger partial charge on any atom is -1.00 e. The number of carbonyl (C=O) groups excluding carboxylic acids is 2. The highest BCUT2D eigenvalue weighted by atomic mass is 127. The highest BCUT2D eigenvalue weighted by Gasteiger charge is 2.28. The molecule has 0 unspecified atom stereocenters. The lowest BCUT2D eigenvalue weighted by Crippen LogP contribution is -3.00. The fraction of sp³-hybridized carbons (Fsp3) is 0.774. The summed E-state index contributed by atoms with van der Waals surface area (Å²) < 4.78 is 13.6. The molecule has 0 bridgehead atoms. The van der Waals surface area contributed by atoms with Gasteiger partial charge in [0.05, 0.1) is 12.2 Å². The van der Waals surface area contributed by atoms with Crippen molar-refractivity contribution in [2.75, 3.05) is 6.61 Å². The van der Waals surface area contributed by atoms with E-state index in [1.165, 1.54) is 95.3 Å². The van der Waals surface area contributed by atoms with Gasteiger partial charge in [-0.05, 0) is 26.2 Å². The lowest BCUT2D eigenvalue weighted by molar-refractivity contribution is -0.701. The molecular weight excluding hydrogens is 591 g/mol. The van der Waals surface area contributed by atoms with Crippen LogP contribution < -0.4 is 28.5 Å². The maximum absolute atomic E-state index is 12.7. The molecule has 2 heterocycles. The van der Waals surface area contributed by atoms with Gasteiger partial charge in [0.1, 0.15) is 19.7 Å². The predicted octanol–water partition coefficient (Wildman–Crippen LogP) is 4.51. The van der Waals surface area contributed by atoms with Crippen molar-refractivity contribution in [3.63, 3.8) is 0 Å². The standard InChI is InChI=1S/C31H53N2O4.HI/c1-4-6-7-8-9-10-11-12-13-14-15-16-17-21-29-22-23-30(37-29)26-36-31(35)33(27(3)34)25-28-20-18-19-24-32(28)5-2;/h18-20,24,29-30H,4-17,21-23,25-26H2,1-3H3;1H/q+1;/p-1/t29-,30-;/m0./s1. The van der Waals surface area contributed by atoms with E-state index in [2.05, 4.69) is 6.92 Å². The molecule has 1 aromatic heterocycles. The number of carbonyl (C=O) groups is 2. The summed E-state index contributed by atoms with van der Waals surface area (Å²) >= 11 is 0. The molecule has 0 aliphatic carbocycles. The van der Waals surface area contributed by atoms with Gasteiger partial charge in [0.25, 0.3) is 0 Å². The van der Waals surface area contributed by atoms with Crippen LogP contribution in [0.2, 0.25) is 0 Å². The van der Waals surface area contributed by atoms with Crippen LogP contribution in [0.5, 0.6) is 0 Å². The second-order valence-corrected chi connectivity index (χ2v) is 10.6. The molecule has 1 aliphatic heterocycles. The van der Waals surface area contributed by atoms with Crippen molar-refractivity contribution in [3.05, 3.63) is 30.1 Å². The predicted molar refractivity (Wildman–Crippen MR) is 148 cm³/mol. The van der Waals surface area contributed by atoms with Gasteiger partial charge in [-0.15, -0.1) is 0 Å². The second kappa shape index (κ2) is 21.6. The summed E-state index contributed by atoms with van der Waals surface area (Å²) in [5.74, 6) is -0.316. The van der Waals surface area contributed by atoms with Crippen LogP contribution in [0, 0.1) is 0 Å². The molecule has 1 saturated heterocycles. The van der Waals surface area contributed by atoms with E-state index in [9.17, 15) is 9.59 Å². The van der Waals surface area contributed by atoms with Crippen LogP contribution in [0.15, 0.2) is 24.4 Å². The van der Waals surface area contributed by atoms with Gasteiger partial charge in [-0.2, -0.15) is 0 Å². The number of nitrogens with zero attached hydrogens (tertiary/aromatic N) is 2. The molecule has 0 radical (unpaired) electrons.